The van der Waals surface area contributed by atoms with Gasteiger partial charge in [0.25, 0.3) is 5.91 Å². The minimum Gasteiger partial charge on any atom is -0.472 e. The molecule has 1 aliphatic rings. The van der Waals surface area contributed by atoms with E-state index in [0.717, 1.165) is 12.8 Å². The van der Waals surface area contributed by atoms with E-state index in [1.54, 1.807) is 12.1 Å². The zero-order chi connectivity index (χ0) is 14.4. The van der Waals surface area contributed by atoms with Gasteiger partial charge in [-0.2, -0.15) is 0 Å². The number of likely N-dealkylation sites (N-methyl/N-ethyl adjacent to an activating group) is 1. The van der Waals surface area contributed by atoms with Gasteiger partial charge in [0.05, 0.1) is 0 Å². The maximum atomic E-state index is 11.6. The molecule has 2 N–H and O–H groups in total. The molecule has 1 heterocycles. The van der Waals surface area contributed by atoms with Crippen LogP contribution in [0.1, 0.15) is 43.1 Å². The number of rotatable bonds is 5. The molecular formula is C14H22N4O2. The van der Waals surface area contributed by atoms with E-state index in [4.69, 9.17) is 4.74 Å². The highest BCUT2D eigenvalue weighted by Crippen LogP contribution is 2.22. The van der Waals surface area contributed by atoms with Crippen molar-refractivity contribution in [3.63, 3.8) is 0 Å². The summed E-state index contributed by atoms with van der Waals surface area (Å²) in [7, 11) is 1.95. The molecule has 1 aromatic heterocycles. The summed E-state index contributed by atoms with van der Waals surface area (Å²) in [5, 5.41) is 13.9. The third-order valence-corrected chi connectivity index (χ3v) is 3.56. The van der Waals surface area contributed by atoms with Crippen LogP contribution in [-0.4, -0.2) is 41.8 Å². The zero-order valence-corrected chi connectivity index (χ0v) is 12.1. The number of carbonyl (C=O) groups excluding carboxylic acids is 1. The van der Waals surface area contributed by atoms with Crippen LogP contribution >= 0.6 is 0 Å². The Balaban J connectivity index is 1.97. The molecule has 0 radical (unpaired) electrons. The summed E-state index contributed by atoms with van der Waals surface area (Å²) >= 11 is 0. The van der Waals surface area contributed by atoms with Crippen molar-refractivity contribution < 1.29 is 9.53 Å². The Morgan fingerprint density at radius 2 is 2.15 bits per heavy atom. The first-order valence-electron chi connectivity index (χ1n) is 7.20. The van der Waals surface area contributed by atoms with Crippen molar-refractivity contribution >= 4 is 5.91 Å². The van der Waals surface area contributed by atoms with Gasteiger partial charge < -0.3 is 15.4 Å². The van der Waals surface area contributed by atoms with Crippen LogP contribution in [0.3, 0.4) is 0 Å². The third kappa shape index (κ3) is 3.66. The van der Waals surface area contributed by atoms with Gasteiger partial charge in [0.1, 0.15) is 6.10 Å². The number of nitrogens with zero attached hydrogens (tertiary/aromatic N) is 2. The van der Waals surface area contributed by atoms with Gasteiger partial charge in [0, 0.05) is 18.7 Å². The normalized spacial score (nSPS) is 22.3. The molecule has 6 nitrogen and oxygen atoms in total. The highest BCUT2D eigenvalue weighted by atomic mass is 16.5. The molecule has 1 aliphatic carbocycles. The molecule has 2 unspecified atom stereocenters. The fourth-order valence-corrected chi connectivity index (χ4v) is 2.48. The molecule has 1 fully saturated rings. The number of hydrogen-bond acceptors (Lipinski definition) is 5. The molecule has 20 heavy (non-hydrogen) atoms. The van der Waals surface area contributed by atoms with Gasteiger partial charge in [0.2, 0.25) is 5.88 Å². The molecule has 0 spiro atoms. The Hall–Kier alpha value is -1.69. The Morgan fingerprint density at radius 1 is 1.35 bits per heavy atom. The van der Waals surface area contributed by atoms with Gasteiger partial charge in [0.15, 0.2) is 5.69 Å². The summed E-state index contributed by atoms with van der Waals surface area (Å²) < 4.78 is 5.89. The van der Waals surface area contributed by atoms with Crippen LogP contribution in [0.25, 0.3) is 0 Å². The number of nitrogens with one attached hydrogen (secondary N) is 2. The fourth-order valence-electron chi connectivity index (χ4n) is 2.48. The summed E-state index contributed by atoms with van der Waals surface area (Å²) in [6.07, 6.45) is 4.66. The van der Waals surface area contributed by atoms with Crippen molar-refractivity contribution in [1.29, 1.82) is 0 Å². The van der Waals surface area contributed by atoms with E-state index in [0.29, 0.717) is 24.2 Å². The van der Waals surface area contributed by atoms with Crippen LogP contribution in [0.2, 0.25) is 0 Å². The van der Waals surface area contributed by atoms with Gasteiger partial charge in [-0.15, -0.1) is 10.2 Å². The van der Waals surface area contributed by atoms with Crippen LogP contribution in [0.15, 0.2) is 12.1 Å². The van der Waals surface area contributed by atoms with Gasteiger partial charge >= 0.3 is 0 Å². The Kier molecular flexibility index (Phi) is 5.29. The van der Waals surface area contributed by atoms with Crippen LogP contribution in [0, 0.1) is 0 Å². The Labute approximate surface area is 119 Å². The molecule has 2 rings (SSSR count). The van der Waals surface area contributed by atoms with Gasteiger partial charge in [-0.25, -0.2) is 0 Å². The molecule has 0 saturated heterocycles. The third-order valence-electron chi connectivity index (χ3n) is 3.56. The monoisotopic (exact) mass is 278 g/mol. The second kappa shape index (κ2) is 7.19. The number of ether oxygens (including phenoxy) is 1. The first kappa shape index (κ1) is 14.7. The molecular weight excluding hydrogens is 256 g/mol. The van der Waals surface area contributed by atoms with Crippen LogP contribution in [-0.2, 0) is 0 Å². The number of amides is 1. The molecule has 0 bridgehead atoms. The minimum atomic E-state index is -0.211. The molecule has 110 valence electrons. The van der Waals surface area contributed by atoms with E-state index in [2.05, 4.69) is 20.8 Å². The topological polar surface area (TPSA) is 76.1 Å². The lowest BCUT2D eigenvalue weighted by atomic mass is 9.92. The highest BCUT2D eigenvalue weighted by Gasteiger charge is 2.25. The Bertz CT molecular complexity index is 435. The standard InChI is InChI=1S/C14H22N4O2/c1-3-16-14(19)11-8-9-13(18-17-11)20-12-7-5-4-6-10(12)15-2/h8-10,12,15H,3-7H2,1-2H3,(H,16,19). The fraction of sp³-hybridized carbons (Fsp3) is 0.643. The highest BCUT2D eigenvalue weighted by molar-refractivity contribution is 5.91. The van der Waals surface area contributed by atoms with Crippen LogP contribution in [0.4, 0.5) is 0 Å². The molecule has 1 amide bonds. The molecule has 6 heteroatoms. The molecule has 0 aliphatic heterocycles. The van der Waals surface area contributed by atoms with Crippen molar-refractivity contribution in [3.05, 3.63) is 17.8 Å². The average Bonchev–Trinajstić information content (AvgIpc) is 2.49. The van der Waals surface area contributed by atoms with E-state index in [1.807, 2.05) is 14.0 Å². The first-order chi connectivity index (χ1) is 9.74. The largest absolute Gasteiger partial charge is 0.472 e. The molecule has 0 aromatic carbocycles. The van der Waals surface area contributed by atoms with Gasteiger partial charge in [-0.3, -0.25) is 4.79 Å². The SMILES string of the molecule is CCNC(=O)c1ccc(OC2CCCCC2NC)nn1. The van der Waals surface area contributed by atoms with E-state index in [9.17, 15) is 4.79 Å². The van der Waals surface area contributed by atoms with E-state index < -0.39 is 0 Å². The molecule has 1 aromatic rings. The van der Waals surface area contributed by atoms with Crippen molar-refractivity contribution in [2.24, 2.45) is 0 Å². The van der Waals surface area contributed by atoms with Crippen LogP contribution < -0.4 is 15.4 Å². The summed E-state index contributed by atoms with van der Waals surface area (Å²) in [5.74, 6) is 0.266. The van der Waals surface area contributed by atoms with Crippen molar-refractivity contribution in [1.82, 2.24) is 20.8 Å². The maximum absolute atomic E-state index is 11.6. The van der Waals surface area contributed by atoms with Crippen molar-refractivity contribution in [2.45, 2.75) is 44.8 Å². The van der Waals surface area contributed by atoms with E-state index in [1.165, 1.54) is 12.8 Å². The molecule has 2 atom stereocenters. The predicted molar refractivity (Wildman–Crippen MR) is 75.8 cm³/mol. The summed E-state index contributed by atoms with van der Waals surface area (Å²) in [6, 6.07) is 3.71. The van der Waals surface area contributed by atoms with Crippen molar-refractivity contribution in [3.8, 4) is 5.88 Å². The summed E-state index contributed by atoms with van der Waals surface area (Å²) in [4.78, 5) is 11.6. The lowest BCUT2D eigenvalue weighted by molar-refractivity contribution is 0.0947. The second-order valence-electron chi connectivity index (χ2n) is 4.95. The zero-order valence-electron chi connectivity index (χ0n) is 12.1. The number of hydrogen-bond donors (Lipinski definition) is 2. The average molecular weight is 278 g/mol. The van der Waals surface area contributed by atoms with E-state index in [-0.39, 0.29) is 12.0 Å². The number of aromatic nitrogens is 2. The second-order valence-corrected chi connectivity index (χ2v) is 4.95. The van der Waals surface area contributed by atoms with E-state index >= 15 is 0 Å². The minimum absolute atomic E-state index is 0.123. The predicted octanol–water partition coefficient (Wildman–Crippen LogP) is 1.14. The first-order valence-corrected chi connectivity index (χ1v) is 7.20. The lowest BCUT2D eigenvalue weighted by Gasteiger charge is -2.30. The number of carbonyl (C=O) groups is 1. The van der Waals surface area contributed by atoms with Crippen LogP contribution in [0.5, 0.6) is 5.88 Å². The van der Waals surface area contributed by atoms with Gasteiger partial charge in [-0.1, -0.05) is 6.42 Å². The molecule has 1 saturated carbocycles. The lowest BCUT2D eigenvalue weighted by Crippen LogP contribution is -2.43. The summed E-state index contributed by atoms with van der Waals surface area (Å²) in [6.45, 7) is 2.44. The van der Waals surface area contributed by atoms with Gasteiger partial charge in [-0.05, 0) is 39.3 Å². The quantitative estimate of drug-likeness (QED) is 0.844. The maximum Gasteiger partial charge on any atom is 0.271 e. The van der Waals surface area contributed by atoms with Crippen molar-refractivity contribution in [2.75, 3.05) is 13.6 Å². The summed E-state index contributed by atoms with van der Waals surface area (Å²) in [5.41, 5.74) is 0.313. The smallest absolute Gasteiger partial charge is 0.271 e. The Morgan fingerprint density at radius 3 is 2.80 bits per heavy atom.